The Bertz CT molecular complexity index is 1370. The molecule has 0 spiro atoms. The smallest absolute Gasteiger partial charge is 0.269 e. The molecule has 4 heterocycles. The molecule has 4 aromatic heterocycles. The number of nitriles is 1. The number of pyridine rings is 2. The lowest BCUT2D eigenvalue weighted by Crippen LogP contribution is -2.16. The van der Waals surface area contributed by atoms with Crippen LogP contribution in [0.25, 0.3) is 16.2 Å². The molecule has 0 amide bonds. The summed E-state index contributed by atoms with van der Waals surface area (Å²) >= 11 is 2.21. The van der Waals surface area contributed by atoms with Gasteiger partial charge in [-0.1, -0.05) is 23.9 Å². The van der Waals surface area contributed by atoms with Crippen LogP contribution in [-0.2, 0) is 11.9 Å². The highest BCUT2D eigenvalue weighted by molar-refractivity contribution is 7.98. The first-order valence-electron chi connectivity index (χ1n) is 8.95. The molecule has 0 unspecified atom stereocenters. The number of aryl methyl sites for hydroxylation is 1. The second kappa shape index (κ2) is 8.17. The lowest BCUT2D eigenvalue weighted by atomic mass is 10.1. The van der Waals surface area contributed by atoms with Crippen LogP contribution in [-0.4, -0.2) is 14.4 Å². The van der Waals surface area contributed by atoms with Crippen LogP contribution in [0.3, 0.4) is 0 Å². The van der Waals surface area contributed by atoms with Gasteiger partial charge in [-0.15, -0.1) is 11.3 Å². The van der Waals surface area contributed by atoms with Gasteiger partial charge < -0.3 is 0 Å². The second-order valence-corrected chi connectivity index (χ2v) is 8.49. The van der Waals surface area contributed by atoms with Gasteiger partial charge in [-0.25, -0.2) is 9.97 Å². The van der Waals surface area contributed by atoms with Gasteiger partial charge in [0.05, 0.1) is 27.4 Å². The summed E-state index contributed by atoms with van der Waals surface area (Å²) in [6.45, 7) is 1.81. The van der Waals surface area contributed by atoms with Crippen LogP contribution >= 0.6 is 23.1 Å². The van der Waals surface area contributed by atoms with E-state index in [0.29, 0.717) is 16.2 Å². The van der Waals surface area contributed by atoms with E-state index >= 15 is 0 Å². The number of hydrogen-bond donors (Lipinski definition) is 0. The molecule has 10 heteroatoms. The lowest BCUT2D eigenvalue weighted by molar-refractivity contribution is -0.138. The monoisotopic (exact) mass is 458 g/mol. The van der Waals surface area contributed by atoms with Crippen LogP contribution in [0.5, 0.6) is 0 Å². The Morgan fingerprint density at radius 1 is 1.23 bits per heavy atom. The molecule has 156 valence electrons. The van der Waals surface area contributed by atoms with Crippen molar-refractivity contribution in [2.24, 2.45) is 0 Å². The molecule has 0 saturated carbocycles. The Kier molecular flexibility index (Phi) is 5.56. The maximum absolute atomic E-state index is 13.6. The number of halogens is 3. The summed E-state index contributed by atoms with van der Waals surface area (Å²) < 4.78 is 42.3. The van der Waals surface area contributed by atoms with E-state index in [1.165, 1.54) is 21.8 Å². The Hall–Kier alpha value is -3.16. The number of thioether (sulfide) groups is 1. The van der Waals surface area contributed by atoms with Gasteiger partial charge in [0.15, 0.2) is 0 Å². The molecular weight excluding hydrogens is 445 g/mol. The third-order valence-corrected chi connectivity index (χ3v) is 6.37. The topological polar surface area (TPSA) is 71.1 Å². The van der Waals surface area contributed by atoms with Gasteiger partial charge in [0, 0.05) is 18.0 Å². The first-order valence-corrected chi connectivity index (χ1v) is 10.8. The number of hydrogen-bond acceptors (Lipinski definition) is 6. The summed E-state index contributed by atoms with van der Waals surface area (Å²) in [7, 11) is 0. The van der Waals surface area contributed by atoms with Crippen molar-refractivity contribution in [2.45, 2.75) is 23.9 Å². The lowest BCUT2D eigenvalue weighted by Gasteiger charge is -2.13. The first-order chi connectivity index (χ1) is 14.8. The van der Waals surface area contributed by atoms with E-state index < -0.39 is 17.3 Å². The van der Waals surface area contributed by atoms with Gasteiger partial charge in [-0.2, -0.15) is 18.4 Å². The third-order valence-electron chi connectivity index (χ3n) is 4.47. The highest BCUT2D eigenvalue weighted by Crippen LogP contribution is 2.39. The van der Waals surface area contributed by atoms with Crippen molar-refractivity contribution < 1.29 is 13.2 Å². The predicted molar refractivity (Wildman–Crippen MR) is 113 cm³/mol. The van der Waals surface area contributed by atoms with Crippen LogP contribution in [0.4, 0.5) is 13.2 Å². The fraction of sp³-hybridized carbons (Fsp3) is 0.143. The number of alkyl halides is 3. The minimum absolute atomic E-state index is 0.0486. The Balaban J connectivity index is 1.77. The maximum atomic E-state index is 13.6. The zero-order chi connectivity index (χ0) is 22.2. The van der Waals surface area contributed by atoms with E-state index in [0.717, 1.165) is 23.4 Å². The van der Waals surface area contributed by atoms with Gasteiger partial charge in [-0.3, -0.25) is 9.20 Å². The third kappa shape index (κ3) is 4.19. The summed E-state index contributed by atoms with van der Waals surface area (Å²) in [5, 5.41) is 11.1. The van der Waals surface area contributed by atoms with Gasteiger partial charge in [0.25, 0.3) is 5.56 Å². The van der Waals surface area contributed by atoms with Crippen LogP contribution in [0.1, 0.15) is 22.4 Å². The summed E-state index contributed by atoms with van der Waals surface area (Å²) in [5.41, 5.74) is -0.0501. The predicted octanol–water partition coefficient (Wildman–Crippen LogP) is 5.31. The maximum Gasteiger partial charge on any atom is 0.417 e. The van der Waals surface area contributed by atoms with Gasteiger partial charge in [0.2, 0.25) is 0 Å². The summed E-state index contributed by atoms with van der Waals surface area (Å²) in [6, 6.07) is 10.8. The number of nitrogens with zero attached hydrogens (tertiary/aromatic N) is 4. The molecule has 0 aromatic carbocycles. The fourth-order valence-corrected chi connectivity index (χ4v) is 4.61. The Morgan fingerprint density at radius 3 is 2.71 bits per heavy atom. The Labute approximate surface area is 182 Å². The molecule has 0 atom stereocenters. The molecule has 0 bridgehead atoms. The van der Waals surface area contributed by atoms with Crippen molar-refractivity contribution in [2.75, 3.05) is 0 Å². The normalized spacial score (nSPS) is 11.6. The van der Waals surface area contributed by atoms with Crippen LogP contribution < -0.4 is 5.56 Å². The number of aromatic nitrogens is 3. The molecular formula is C21H13F3N4OS2. The van der Waals surface area contributed by atoms with Gasteiger partial charge >= 0.3 is 6.18 Å². The first kappa shape index (κ1) is 21.1. The molecule has 0 saturated heterocycles. The van der Waals surface area contributed by atoms with E-state index in [1.54, 1.807) is 35.8 Å². The molecule has 0 aliphatic heterocycles. The van der Waals surface area contributed by atoms with Crippen molar-refractivity contribution in [1.29, 1.82) is 5.26 Å². The standard InChI is InChI=1S/C21H13F3N4OS2/c1-12-4-2-6-28-18(29)8-13(26-19(12)28)11-31-20-14(10-25)15(21(22,23)24)9-16(27-20)17-5-3-7-30-17/h2-9H,11H2,1H3. The van der Waals surface area contributed by atoms with E-state index in [1.807, 2.05) is 13.0 Å². The average molecular weight is 458 g/mol. The largest absolute Gasteiger partial charge is 0.417 e. The Morgan fingerprint density at radius 2 is 2.03 bits per heavy atom. The van der Waals surface area contributed by atoms with Crippen LogP contribution in [0.15, 0.2) is 57.8 Å². The molecule has 0 radical (unpaired) electrons. The molecule has 0 aliphatic rings. The fourth-order valence-electron chi connectivity index (χ4n) is 3.03. The van der Waals surface area contributed by atoms with Crippen molar-refractivity contribution in [1.82, 2.24) is 14.4 Å². The minimum Gasteiger partial charge on any atom is -0.269 e. The van der Waals surface area contributed by atoms with Crippen molar-refractivity contribution in [3.8, 4) is 16.6 Å². The second-order valence-electron chi connectivity index (χ2n) is 6.58. The van der Waals surface area contributed by atoms with E-state index in [-0.39, 0.29) is 22.0 Å². The quantitative estimate of drug-likeness (QED) is 0.388. The van der Waals surface area contributed by atoms with Crippen molar-refractivity contribution >= 4 is 28.7 Å². The van der Waals surface area contributed by atoms with E-state index in [9.17, 15) is 23.2 Å². The zero-order valence-electron chi connectivity index (χ0n) is 16.0. The van der Waals surface area contributed by atoms with E-state index in [4.69, 9.17) is 0 Å². The van der Waals surface area contributed by atoms with Gasteiger partial charge in [0.1, 0.15) is 16.7 Å². The zero-order valence-corrected chi connectivity index (χ0v) is 17.6. The van der Waals surface area contributed by atoms with Crippen LogP contribution in [0, 0.1) is 18.3 Å². The van der Waals surface area contributed by atoms with Crippen molar-refractivity contribution in [3.63, 3.8) is 0 Å². The highest BCUT2D eigenvalue weighted by atomic mass is 32.2. The number of rotatable bonds is 4. The molecule has 31 heavy (non-hydrogen) atoms. The minimum atomic E-state index is -4.70. The molecule has 0 aliphatic carbocycles. The van der Waals surface area contributed by atoms with E-state index in [2.05, 4.69) is 9.97 Å². The SMILES string of the molecule is Cc1cccn2c(=O)cc(CSc3nc(-c4cccs4)cc(C(F)(F)F)c3C#N)nc12. The number of fused-ring (bicyclic) bond motifs is 1. The summed E-state index contributed by atoms with van der Waals surface area (Å²) in [4.78, 5) is 21.7. The average Bonchev–Trinajstić information content (AvgIpc) is 3.26. The molecule has 5 nitrogen and oxygen atoms in total. The van der Waals surface area contributed by atoms with Gasteiger partial charge in [-0.05, 0) is 36.1 Å². The molecule has 4 aromatic rings. The highest BCUT2D eigenvalue weighted by Gasteiger charge is 2.36. The number of thiophene rings is 1. The molecule has 0 N–H and O–H groups in total. The summed E-state index contributed by atoms with van der Waals surface area (Å²) in [6.07, 6.45) is -3.10. The van der Waals surface area contributed by atoms with Crippen LogP contribution in [0.2, 0.25) is 0 Å². The molecule has 0 fully saturated rings. The summed E-state index contributed by atoms with van der Waals surface area (Å²) in [5.74, 6) is 0.0902. The molecule has 4 rings (SSSR count). The van der Waals surface area contributed by atoms with Crippen molar-refractivity contribution in [3.05, 3.63) is 80.7 Å².